The molecule has 2 aliphatic carbocycles. The van der Waals surface area contributed by atoms with E-state index in [0.717, 1.165) is 12.8 Å². The van der Waals surface area contributed by atoms with Crippen LogP contribution in [0.5, 0.6) is 5.75 Å². The maximum atomic E-state index is 12.7. The minimum Gasteiger partial charge on any atom is -0.492 e. The van der Waals surface area contributed by atoms with Crippen LogP contribution in [0, 0.1) is 11.8 Å². The first-order chi connectivity index (χ1) is 11.8. The number of nitrogens with one attached hydrogen (secondary N) is 1. The smallest absolute Gasteiger partial charge is 0.391 e. The lowest BCUT2D eigenvalue weighted by molar-refractivity contribution is -0.182. The molecule has 2 aliphatic rings. The van der Waals surface area contributed by atoms with Gasteiger partial charge in [0, 0.05) is 11.7 Å². The van der Waals surface area contributed by atoms with E-state index in [2.05, 4.69) is 5.32 Å². The van der Waals surface area contributed by atoms with Gasteiger partial charge in [0.15, 0.2) is 0 Å². The van der Waals surface area contributed by atoms with Crippen LogP contribution in [0.3, 0.4) is 0 Å². The predicted molar refractivity (Wildman–Crippen MR) is 88.3 cm³/mol. The van der Waals surface area contributed by atoms with Gasteiger partial charge in [-0.25, -0.2) is 0 Å². The zero-order chi connectivity index (χ0) is 18.0. The first-order valence-corrected chi connectivity index (χ1v) is 8.73. The van der Waals surface area contributed by atoms with Crippen LogP contribution >= 0.6 is 0 Å². The first kappa shape index (κ1) is 17.9. The van der Waals surface area contributed by atoms with E-state index in [-0.39, 0.29) is 24.8 Å². The van der Waals surface area contributed by atoms with E-state index in [9.17, 15) is 18.0 Å². The largest absolute Gasteiger partial charge is 0.492 e. The molecule has 0 saturated heterocycles. The molecule has 1 amide bonds. The van der Waals surface area contributed by atoms with Crippen LogP contribution in [0.15, 0.2) is 18.2 Å². The molecule has 7 heteroatoms. The van der Waals surface area contributed by atoms with Crippen LogP contribution < -0.4 is 15.8 Å². The minimum absolute atomic E-state index is 0.0520. The van der Waals surface area contributed by atoms with Gasteiger partial charge in [-0.3, -0.25) is 4.79 Å². The van der Waals surface area contributed by atoms with Crippen molar-refractivity contribution in [2.45, 2.75) is 50.7 Å². The molecule has 3 N–H and O–H groups in total. The maximum Gasteiger partial charge on any atom is 0.391 e. The number of anilines is 1. The summed E-state index contributed by atoms with van der Waals surface area (Å²) in [5.74, 6) is -0.576. The average Bonchev–Trinajstić information content (AvgIpc) is 3.37. The lowest BCUT2D eigenvalue weighted by atomic mass is 9.85. The van der Waals surface area contributed by atoms with Crippen molar-refractivity contribution < 1.29 is 22.7 Å². The third-order valence-corrected chi connectivity index (χ3v) is 4.95. The van der Waals surface area contributed by atoms with Crippen LogP contribution in [0.4, 0.5) is 18.9 Å². The van der Waals surface area contributed by atoms with Gasteiger partial charge >= 0.3 is 6.18 Å². The van der Waals surface area contributed by atoms with E-state index in [4.69, 9.17) is 10.5 Å². The monoisotopic (exact) mass is 356 g/mol. The van der Waals surface area contributed by atoms with Crippen LogP contribution in [-0.2, 0) is 0 Å². The summed E-state index contributed by atoms with van der Waals surface area (Å²) in [6, 6.07) is 4.66. The van der Waals surface area contributed by atoms with Crippen molar-refractivity contribution in [3.8, 4) is 5.75 Å². The summed E-state index contributed by atoms with van der Waals surface area (Å²) in [6.07, 6.45) is -1.11. The summed E-state index contributed by atoms with van der Waals surface area (Å²) in [4.78, 5) is 12.6. The fourth-order valence-electron chi connectivity index (χ4n) is 3.17. The Morgan fingerprint density at radius 1 is 1.16 bits per heavy atom. The molecule has 0 atom stereocenters. The van der Waals surface area contributed by atoms with E-state index in [1.807, 2.05) is 0 Å². The van der Waals surface area contributed by atoms with Crippen LogP contribution in [0.1, 0.15) is 48.9 Å². The van der Waals surface area contributed by atoms with Crippen LogP contribution in [0.25, 0.3) is 0 Å². The number of ether oxygens (including phenoxy) is 1. The van der Waals surface area contributed by atoms with Crippen LogP contribution in [-0.4, -0.2) is 24.7 Å². The standard InChI is InChI=1S/C18H23F3N2O2/c19-18(20,21)12-3-6-14(7-4-12)23-17(24)15-9-13(22)5-8-16(15)25-10-11-1-2-11/h5,8-9,11-12,14H,1-4,6-7,10,22H2,(H,23,24)/t12-,14-. The van der Waals surface area contributed by atoms with Gasteiger partial charge in [-0.15, -0.1) is 0 Å². The van der Waals surface area contributed by atoms with Crippen molar-refractivity contribution in [1.82, 2.24) is 5.32 Å². The molecule has 0 aliphatic heterocycles. The molecule has 1 aromatic carbocycles. The predicted octanol–water partition coefficient (Wildman–Crippen LogP) is 3.91. The molecule has 1 aromatic rings. The number of alkyl halides is 3. The number of nitrogens with two attached hydrogens (primary N) is 1. The summed E-state index contributed by atoms with van der Waals surface area (Å²) in [7, 11) is 0. The molecule has 4 nitrogen and oxygen atoms in total. The number of hydrogen-bond donors (Lipinski definition) is 2. The van der Waals surface area contributed by atoms with Crippen molar-refractivity contribution in [1.29, 1.82) is 0 Å². The van der Waals surface area contributed by atoms with Gasteiger partial charge in [-0.2, -0.15) is 13.2 Å². The second-order valence-electron chi connectivity index (χ2n) is 7.07. The molecule has 25 heavy (non-hydrogen) atoms. The number of carbonyl (C=O) groups excluding carboxylic acids is 1. The zero-order valence-corrected chi connectivity index (χ0v) is 13.9. The minimum atomic E-state index is -4.15. The molecular weight excluding hydrogens is 333 g/mol. The molecule has 0 spiro atoms. The molecule has 2 saturated carbocycles. The fourth-order valence-corrected chi connectivity index (χ4v) is 3.17. The summed E-state index contributed by atoms with van der Waals surface area (Å²) >= 11 is 0. The molecule has 0 unspecified atom stereocenters. The SMILES string of the molecule is Nc1ccc(OCC2CC2)c(C(=O)N[C@H]2CC[C@H](C(F)(F)F)CC2)c1. The second-order valence-corrected chi connectivity index (χ2v) is 7.07. The molecular formula is C18H23F3N2O2. The van der Waals surface area contributed by atoms with Crippen molar-refractivity contribution in [2.24, 2.45) is 11.8 Å². The molecule has 0 aromatic heterocycles. The van der Waals surface area contributed by atoms with Crippen LogP contribution in [0.2, 0.25) is 0 Å². The topological polar surface area (TPSA) is 64.3 Å². The Balaban J connectivity index is 1.60. The molecule has 2 fully saturated rings. The highest BCUT2D eigenvalue weighted by atomic mass is 19.4. The Hall–Kier alpha value is -1.92. The lowest BCUT2D eigenvalue weighted by Gasteiger charge is -2.30. The molecule has 0 radical (unpaired) electrons. The third-order valence-electron chi connectivity index (χ3n) is 4.95. The number of halogens is 3. The van der Waals surface area contributed by atoms with Crippen molar-refractivity contribution in [2.75, 3.05) is 12.3 Å². The Bertz CT molecular complexity index is 621. The van der Waals surface area contributed by atoms with Gasteiger partial charge in [-0.05, 0) is 62.6 Å². The third kappa shape index (κ3) is 4.80. The maximum absolute atomic E-state index is 12.7. The van der Waals surface area contributed by atoms with Crippen molar-refractivity contribution >= 4 is 11.6 Å². The summed E-state index contributed by atoms with van der Waals surface area (Å²) < 4.78 is 43.9. The van der Waals surface area contributed by atoms with Gasteiger partial charge in [0.05, 0.1) is 18.1 Å². The Kier molecular flexibility index (Phi) is 5.11. The molecule has 3 rings (SSSR count). The number of rotatable bonds is 5. The fraction of sp³-hybridized carbons (Fsp3) is 0.611. The van der Waals surface area contributed by atoms with Gasteiger partial charge in [0.2, 0.25) is 0 Å². The van der Waals surface area contributed by atoms with E-state index >= 15 is 0 Å². The summed E-state index contributed by atoms with van der Waals surface area (Å²) in [5.41, 5.74) is 6.57. The van der Waals surface area contributed by atoms with E-state index in [1.165, 1.54) is 0 Å². The second kappa shape index (κ2) is 7.14. The molecule has 138 valence electrons. The highest BCUT2D eigenvalue weighted by Gasteiger charge is 2.41. The number of amides is 1. The Morgan fingerprint density at radius 2 is 1.84 bits per heavy atom. The Morgan fingerprint density at radius 3 is 2.44 bits per heavy atom. The highest BCUT2D eigenvalue weighted by Crippen LogP contribution is 2.37. The quantitative estimate of drug-likeness (QED) is 0.786. The highest BCUT2D eigenvalue weighted by molar-refractivity contribution is 5.98. The molecule has 0 bridgehead atoms. The number of hydrogen-bond acceptors (Lipinski definition) is 3. The number of benzene rings is 1. The summed E-state index contributed by atoms with van der Waals surface area (Å²) in [6.45, 7) is 0.570. The van der Waals surface area contributed by atoms with E-state index < -0.39 is 12.1 Å². The van der Waals surface area contributed by atoms with Gasteiger partial charge in [0.25, 0.3) is 5.91 Å². The first-order valence-electron chi connectivity index (χ1n) is 8.73. The lowest BCUT2D eigenvalue weighted by Crippen LogP contribution is -2.40. The van der Waals surface area contributed by atoms with Crippen molar-refractivity contribution in [3.05, 3.63) is 23.8 Å². The normalized spacial score (nSPS) is 24.0. The Labute approximate surface area is 144 Å². The zero-order valence-electron chi connectivity index (χ0n) is 13.9. The van der Waals surface area contributed by atoms with Gasteiger partial charge in [0.1, 0.15) is 5.75 Å². The molecule has 0 heterocycles. The summed E-state index contributed by atoms with van der Waals surface area (Å²) in [5, 5.41) is 2.84. The van der Waals surface area contributed by atoms with Gasteiger partial charge < -0.3 is 15.8 Å². The van der Waals surface area contributed by atoms with Crippen molar-refractivity contribution in [3.63, 3.8) is 0 Å². The van der Waals surface area contributed by atoms with E-state index in [1.54, 1.807) is 18.2 Å². The van der Waals surface area contributed by atoms with Gasteiger partial charge in [-0.1, -0.05) is 0 Å². The number of carbonyl (C=O) groups is 1. The number of nitrogen functional groups attached to an aromatic ring is 1. The van der Waals surface area contributed by atoms with E-state index in [0.29, 0.717) is 42.4 Å². The average molecular weight is 356 g/mol.